The molecule has 27 heavy (non-hydrogen) atoms. The summed E-state index contributed by atoms with van der Waals surface area (Å²) < 4.78 is 24.5. The average Bonchev–Trinajstić information content (AvgIpc) is 3.25. The van der Waals surface area contributed by atoms with Crippen molar-refractivity contribution in [3.63, 3.8) is 0 Å². The molecule has 3 aliphatic rings. The number of aryl methyl sites for hydroxylation is 2. The van der Waals surface area contributed by atoms with Gasteiger partial charge in [-0.15, -0.1) is 0 Å². The molecule has 3 amide bonds. The minimum absolute atomic E-state index is 0.000111. The smallest absolute Gasteiger partial charge is 0.315 e. The van der Waals surface area contributed by atoms with Crippen molar-refractivity contribution in [1.29, 1.82) is 0 Å². The van der Waals surface area contributed by atoms with Gasteiger partial charge in [-0.2, -0.15) is 0 Å². The van der Waals surface area contributed by atoms with Gasteiger partial charge in [0, 0.05) is 12.1 Å². The van der Waals surface area contributed by atoms with E-state index in [1.807, 2.05) is 6.07 Å². The Morgan fingerprint density at radius 3 is 2.81 bits per heavy atom. The minimum atomic E-state index is -3.20. The fourth-order valence-electron chi connectivity index (χ4n) is 4.51. The molecule has 0 bridgehead atoms. The van der Waals surface area contributed by atoms with Crippen LogP contribution in [0, 0.1) is 0 Å². The highest BCUT2D eigenvalue weighted by atomic mass is 32.2. The molecule has 0 aromatic heterocycles. The predicted octanol–water partition coefficient (Wildman–Crippen LogP) is 1.52. The first-order valence-corrected chi connectivity index (χ1v) is 11.3. The molecule has 2 aliphatic heterocycles. The highest BCUT2D eigenvalue weighted by molar-refractivity contribution is 7.92. The molecule has 8 heteroatoms. The molecule has 7 nitrogen and oxygen atoms in total. The lowest BCUT2D eigenvalue weighted by Gasteiger charge is -2.16. The summed E-state index contributed by atoms with van der Waals surface area (Å²) in [6, 6.07) is 5.13. The van der Waals surface area contributed by atoms with Crippen molar-refractivity contribution < 1.29 is 18.0 Å². The molecular formula is C19H25N3O4S. The Hall–Kier alpha value is -2.09. The molecule has 1 aromatic rings. The lowest BCUT2D eigenvalue weighted by atomic mass is 10.0. The van der Waals surface area contributed by atoms with Gasteiger partial charge in [-0.25, -0.2) is 13.2 Å². The third-order valence-corrected chi connectivity index (χ3v) is 8.12. The molecule has 0 unspecified atom stereocenters. The Bertz CT molecular complexity index is 868. The lowest BCUT2D eigenvalue weighted by molar-refractivity contribution is -0.116. The van der Waals surface area contributed by atoms with E-state index >= 15 is 0 Å². The van der Waals surface area contributed by atoms with E-state index in [-0.39, 0.29) is 29.8 Å². The van der Waals surface area contributed by atoms with Crippen molar-refractivity contribution in [2.24, 2.45) is 0 Å². The summed E-state index contributed by atoms with van der Waals surface area (Å²) in [4.78, 5) is 23.6. The SMILES string of the molecule is O=C(CCCC[C@@H]1[C@@H]2NC(=O)N[C@H]2CS1(=O)=O)Nc1ccc2c(c1)CCC2. The van der Waals surface area contributed by atoms with Crippen LogP contribution in [0.4, 0.5) is 10.5 Å². The molecule has 0 radical (unpaired) electrons. The first-order valence-electron chi connectivity index (χ1n) is 9.63. The molecule has 0 spiro atoms. The standard InChI is InChI=1S/C19H25N3O4S/c23-17(20-14-9-8-12-4-3-5-13(12)10-14)7-2-1-6-16-18-15(11-27(16,25)26)21-19(24)22-18/h8-10,15-16,18H,1-7,11H2,(H,20,23)(H2,21,22,24)/t15-,16+,18+/m0/s1. The molecule has 0 saturated carbocycles. The van der Waals surface area contributed by atoms with Crippen LogP contribution in [0.1, 0.15) is 43.2 Å². The van der Waals surface area contributed by atoms with Crippen molar-refractivity contribution in [2.75, 3.05) is 11.1 Å². The van der Waals surface area contributed by atoms with Crippen molar-refractivity contribution >= 4 is 27.5 Å². The zero-order valence-corrected chi connectivity index (χ0v) is 16.0. The zero-order chi connectivity index (χ0) is 19.0. The number of carbonyl (C=O) groups is 2. The summed E-state index contributed by atoms with van der Waals surface area (Å²) in [7, 11) is -3.20. The van der Waals surface area contributed by atoms with Gasteiger partial charge in [0.1, 0.15) is 0 Å². The highest BCUT2D eigenvalue weighted by Gasteiger charge is 2.51. The molecular weight excluding hydrogens is 366 g/mol. The number of amides is 3. The minimum Gasteiger partial charge on any atom is -0.332 e. The van der Waals surface area contributed by atoms with E-state index in [0.717, 1.165) is 18.5 Å². The number of carbonyl (C=O) groups excluding carboxylic acids is 2. The highest BCUT2D eigenvalue weighted by Crippen LogP contribution is 2.29. The second-order valence-corrected chi connectivity index (χ2v) is 10.0. The summed E-state index contributed by atoms with van der Waals surface area (Å²) in [5, 5.41) is 7.76. The number of hydrogen-bond donors (Lipinski definition) is 3. The Morgan fingerprint density at radius 2 is 1.96 bits per heavy atom. The quantitative estimate of drug-likeness (QED) is 0.505. The maximum atomic E-state index is 12.3. The van der Waals surface area contributed by atoms with Crippen LogP contribution >= 0.6 is 0 Å². The normalized spacial score (nSPS) is 27.6. The van der Waals surface area contributed by atoms with E-state index < -0.39 is 15.1 Å². The summed E-state index contributed by atoms with van der Waals surface area (Å²) in [5.41, 5.74) is 3.53. The van der Waals surface area contributed by atoms with E-state index in [1.54, 1.807) is 0 Å². The van der Waals surface area contributed by atoms with Crippen molar-refractivity contribution in [3.8, 4) is 0 Å². The number of anilines is 1. The second kappa shape index (κ2) is 7.14. The summed E-state index contributed by atoms with van der Waals surface area (Å²) >= 11 is 0. The molecule has 1 aromatic carbocycles. The predicted molar refractivity (Wildman–Crippen MR) is 102 cm³/mol. The van der Waals surface area contributed by atoms with Crippen molar-refractivity contribution in [1.82, 2.24) is 10.6 Å². The van der Waals surface area contributed by atoms with E-state index in [1.165, 1.54) is 17.5 Å². The maximum Gasteiger partial charge on any atom is 0.315 e. The fraction of sp³-hybridized carbons (Fsp3) is 0.579. The summed E-state index contributed by atoms with van der Waals surface area (Å²) in [5.74, 6) is -0.0455. The van der Waals surface area contributed by atoms with Crippen molar-refractivity contribution in [3.05, 3.63) is 29.3 Å². The van der Waals surface area contributed by atoms with Crippen LogP contribution in [-0.4, -0.2) is 43.4 Å². The molecule has 3 N–H and O–H groups in total. The van der Waals surface area contributed by atoms with Gasteiger partial charge in [-0.3, -0.25) is 4.79 Å². The van der Waals surface area contributed by atoms with Crippen LogP contribution in [0.2, 0.25) is 0 Å². The largest absolute Gasteiger partial charge is 0.332 e. The van der Waals surface area contributed by atoms with Gasteiger partial charge in [0.05, 0.1) is 23.1 Å². The van der Waals surface area contributed by atoms with E-state index in [4.69, 9.17) is 0 Å². The number of rotatable bonds is 6. The van der Waals surface area contributed by atoms with Crippen LogP contribution in [0.5, 0.6) is 0 Å². The van der Waals surface area contributed by atoms with Gasteiger partial charge < -0.3 is 16.0 Å². The van der Waals surface area contributed by atoms with Crippen LogP contribution in [-0.2, 0) is 27.5 Å². The molecule has 1 aliphatic carbocycles. The number of hydrogen-bond acceptors (Lipinski definition) is 4. The third kappa shape index (κ3) is 3.81. The molecule has 2 heterocycles. The second-order valence-electron chi connectivity index (χ2n) is 7.75. The number of nitrogens with one attached hydrogen (secondary N) is 3. The van der Waals surface area contributed by atoms with Gasteiger partial charge in [0.2, 0.25) is 5.91 Å². The van der Waals surface area contributed by atoms with Crippen molar-refractivity contribution in [2.45, 2.75) is 62.3 Å². The zero-order valence-electron chi connectivity index (χ0n) is 15.2. The lowest BCUT2D eigenvalue weighted by Crippen LogP contribution is -2.39. The Balaban J connectivity index is 1.24. The van der Waals surface area contributed by atoms with Crippen LogP contribution in [0.15, 0.2) is 18.2 Å². The van der Waals surface area contributed by atoms with Crippen LogP contribution in [0.25, 0.3) is 0 Å². The first-order chi connectivity index (χ1) is 12.9. The number of unbranched alkanes of at least 4 members (excludes halogenated alkanes) is 1. The summed E-state index contributed by atoms with van der Waals surface area (Å²) in [6.07, 6.45) is 5.46. The number of fused-ring (bicyclic) bond motifs is 2. The van der Waals surface area contributed by atoms with Gasteiger partial charge in [0.25, 0.3) is 0 Å². The van der Waals surface area contributed by atoms with Gasteiger partial charge in [-0.05, 0) is 55.4 Å². The molecule has 3 atom stereocenters. The number of benzene rings is 1. The molecule has 146 valence electrons. The monoisotopic (exact) mass is 391 g/mol. The first kappa shape index (κ1) is 18.3. The maximum absolute atomic E-state index is 12.3. The van der Waals surface area contributed by atoms with Gasteiger partial charge in [-0.1, -0.05) is 12.5 Å². The third-order valence-electron chi connectivity index (χ3n) is 5.85. The molecule has 4 rings (SSSR count). The Morgan fingerprint density at radius 1 is 1.15 bits per heavy atom. The Kier molecular flexibility index (Phi) is 4.84. The summed E-state index contributed by atoms with van der Waals surface area (Å²) in [6.45, 7) is 0. The number of urea groups is 1. The van der Waals surface area contributed by atoms with Crippen LogP contribution < -0.4 is 16.0 Å². The van der Waals surface area contributed by atoms with Crippen LogP contribution in [0.3, 0.4) is 0 Å². The number of sulfone groups is 1. The van der Waals surface area contributed by atoms with E-state index in [9.17, 15) is 18.0 Å². The topological polar surface area (TPSA) is 104 Å². The average molecular weight is 391 g/mol. The van der Waals surface area contributed by atoms with E-state index in [0.29, 0.717) is 25.7 Å². The molecule has 2 saturated heterocycles. The molecule has 2 fully saturated rings. The Labute approximate surface area is 159 Å². The van der Waals surface area contributed by atoms with Gasteiger partial charge >= 0.3 is 6.03 Å². The van der Waals surface area contributed by atoms with E-state index in [2.05, 4.69) is 28.1 Å². The van der Waals surface area contributed by atoms with Gasteiger partial charge in [0.15, 0.2) is 9.84 Å². The fourth-order valence-corrected chi connectivity index (χ4v) is 6.78.